The molecule has 1 rings (SSSR count). The molecule has 1 aromatic rings. The van der Waals surface area contributed by atoms with Crippen molar-refractivity contribution >= 4 is 0 Å². The van der Waals surface area contributed by atoms with Crippen molar-refractivity contribution in [2.24, 2.45) is 0 Å². The summed E-state index contributed by atoms with van der Waals surface area (Å²) in [5.41, 5.74) is 0.606. The molecule has 0 spiro atoms. The summed E-state index contributed by atoms with van der Waals surface area (Å²) in [5.74, 6) is -0.364. The van der Waals surface area contributed by atoms with Gasteiger partial charge in [0.15, 0.2) is 0 Å². The molecule has 1 atom stereocenters. The number of hydrogen-bond acceptors (Lipinski definition) is 2. The van der Waals surface area contributed by atoms with Crippen LogP contribution >= 0.6 is 0 Å². The van der Waals surface area contributed by atoms with E-state index in [1.807, 2.05) is 0 Å². The fourth-order valence-corrected chi connectivity index (χ4v) is 1.89. The fraction of sp³-hybridized carbons (Fsp3) is 0.538. The van der Waals surface area contributed by atoms with E-state index in [9.17, 15) is 26.3 Å². The lowest BCUT2D eigenvalue weighted by Gasteiger charge is -2.18. The van der Waals surface area contributed by atoms with E-state index in [2.05, 4.69) is 10.1 Å². The first kappa shape index (κ1) is 17.6. The van der Waals surface area contributed by atoms with Crippen LogP contribution in [-0.2, 0) is 0 Å². The van der Waals surface area contributed by atoms with E-state index in [1.54, 1.807) is 7.05 Å². The van der Waals surface area contributed by atoms with Crippen molar-refractivity contribution < 1.29 is 31.1 Å². The van der Waals surface area contributed by atoms with Crippen LogP contribution in [0.2, 0.25) is 0 Å². The van der Waals surface area contributed by atoms with Crippen LogP contribution in [0.15, 0.2) is 24.3 Å². The maximum Gasteiger partial charge on any atom is 0.573 e. The highest BCUT2D eigenvalue weighted by molar-refractivity contribution is 5.29. The molecule has 1 N–H and O–H groups in total. The number of rotatable bonds is 6. The van der Waals surface area contributed by atoms with Gasteiger partial charge in [-0.25, -0.2) is 0 Å². The van der Waals surface area contributed by atoms with Gasteiger partial charge >= 0.3 is 12.5 Å². The van der Waals surface area contributed by atoms with Crippen LogP contribution in [0.1, 0.15) is 30.9 Å². The molecular weight excluding hydrogens is 300 g/mol. The first-order chi connectivity index (χ1) is 9.61. The average Bonchev–Trinajstić information content (AvgIpc) is 2.33. The van der Waals surface area contributed by atoms with Gasteiger partial charge in [0.05, 0.1) is 0 Å². The number of ether oxygens (including phenoxy) is 1. The Labute approximate surface area is 118 Å². The summed E-state index contributed by atoms with van der Waals surface area (Å²) in [4.78, 5) is 0. The second kappa shape index (κ2) is 7.02. The summed E-state index contributed by atoms with van der Waals surface area (Å²) >= 11 is 0. The van der Waals surface area contributed by atoms with Crippen molar-refractivity contribution in [2.45, 2.75) is 37.8 Å². The SMILES string of the molecule is CNC(CCCC(F)(F)F)c1ccc(OC(F)(F)F)cc1. The van der Waals surface area contributed by atoms with Crippen molar-refractivity contribution in [3.8, 4) is 5.75 Å². The summed E-state index contributed by atoms with van der Waals surface area (Å²) < 4.78 is 76.0. The van der Waals surface area contributed by atoms with Gasteiger partial charge in [-0.2, -0.15) is 13.2 Å². The summed E-state index contributed by atoms with van der Waals surface area (Å²) in [6.45, 7) is 0. The zero-order valence-electron chi connectivity index (χ0n) is 11.2. The minimum absolute atomic E-state index is 0.0597. The Balaban J connectivity index is 2.61. The highest BCUT2D eigenvalue weighted by Gasteiger charge is 2.31. The van der Waals surface area contributed by atoms with Crippen molar-refractivity contribution in [3.05, 3.63) is 29.8 Å². The van der Waals surface area contributed by atoms with E-state index in [0.29, 0.717) is 5.56 Å². The van der Waals surface area contributed by atoms with E-state index in [1.165, 1.54) is 12.1 Å². The zero-order chi connectivity index (χ0) is 16.1. The molecule has 0 aliphatic heterocycles. The third kappa shape index (κ3) is 7.22. The van der Waals surface area contributed by atoms with Crippen LogP contribution in [0.5, 0.6) is 5.75 Å². The Bertz CT molecular complexity index is 426. The summed E-state index contributed by atoms with van der Waals surface area (Å²) in [6, 6.07) is 4.71. The maximum absolute atomic E-state index is 12.1. The topological polar surface area (TPSA) is 21.3 Å². The first-order valence-electron chi connectivity index (χ1n) is 6.20. The smallest absolute Gasteiger partial charge is 0.406 e. The number of alkyl halides is 6. The van der Waals surface area contributed by atoms with E-state index in [4.69, 9.17) is 0 Å². The molecule has 8 heteroatoms. The number of nitrogens with one attached hydrogen (secondary N) is 1. The lowest BCUT2D eigenvalue weighted by molar-refractivity contribution is -0.274. The van der Waals surface area contributed by atoms with Crippen LogP contribution in [0.25, 0.3) is 0 Å². The molecule has 0 radical (unpaired) electrons. The van der Waals surface area contributed by atoms with Gasteiger partial charge in [0, 0.05) is 12.5 Å². The van der Waals surface area contributed by atoms with Crippen LogP contribution in [0, 0.1) is 0 Å². The molecule has 0 bridgehead atoms. The van der Waals surface area contributed by atoms with E-state index < -0.39 is 19.0 Å². The van der Waals surface area contributed by atoms with Gasteiger partial charge in [-0.3, -0.25) is 0 Å². The molecule has 21 heavy (non-hydrogen) atoms. The van der Waals surface area contributed by atoms with Crippen molar-refractivity contribution in [1.29, 1.82) is 0 Å². The van der Waals surface area contributed by atoms with E-state index in [-0.39, 0.29) is 24.6 Å². The molecule has 0 aliphatic carbocycles. The van der Waals surface area contributed by atoms with Gasteiger partial charge in [-0.05, 0) is 37.6 Å². The monoisotopic (exact) mass is 315 g/mol. The molecule has 0 aliphatic rings. The molecule has 0 heterocycles. The largest absolute Gasteiger partial charge is 0.573 e. The van der Waals surface area contributed by atoms with Gasteiger partial charge in [0.25, 0.3) is 0 Å². The maximum atomic E-state index is 12.1. The highest BCUT2D eigenvalue weighted by atomic mass is 19.4. The van der Waals surface area contributed by atoms with Crippen molar-refractivity contribution in [1.82, 2.24) is 5.32 Å². The van der Waals surface area contributed by atoms with Crippen molar-refractivity contribution in [2.75, 3.05) is 7.05 Å². The summed E-state index contributed by atoms with van der Waals surface area (Å²) in [6.07, 6.45) is -9.69. The van der Waals surface area contributed by atoms with Gasteiger partial charge in [-0.15, -0.1) is 13.2 Å². The van der Waals surface area contributed by atoms with E-state index in [0.717, 1.165) is 12.1 Å². The fourth-order valence-electron chi connectivity index (χ4n) is 1.89. The summed E-state index contributed by atoms with van der Waals surface area (Å²) in [5, 5.41) is 2.84. The predicted octanol–water partition coefficient (Wildman–Crippen LogP) is 4.58. The standard InChI is InChI=1S/C13H15F6NO/c1-20-11(3-2-8-12(14,15)16)9-4-6-10(7-5-9)21-13(17,18)19/h4-7,11,20H,2-3,8H2,1H3. The molecule has 2 nitrogen and oxygen atoms in total. The van der Waals surface area contributed by atoms with Crippen LogP contribution in [0.3, 0.4) is 0 Å². The lowest BCUT2D eigenvalue weighted by Crippen LogP contribution is -2.18. The van der Waals surface area contributed by atoms with Crippen LogP contribution in [-0.4, -0.2) is 19.6 Å². The minimum Gasteiger partial charge on any atom is -0.406 e. The molecular formula is C13H15F6NO. The minimum atomic E-state index is -4.77. The number of hydrogen-bond donors (Lipinski definition) is 1. The van der Waals surface area contributed by atoms with Gasteiger partial charge in [0.1, 0.15) is 5.75 Å². The molecule has 0 saturated heterocycles. The lowest BCUT2D eigenvalue weighted by atomic mass is 10.0. The Morgan fingerprint density at radius 2 is 1.62 bits per heavy atom. The average molecular weight is 315 g/mol. The Morgan fingerprint density at radius 3 is 2.05 bits per heavy atom. The second-order valence-electron chi connectivity index (χ2n) is 4.47. The Morgan fingerprint density at radius 1 is 1.05 bits per heavy atom. The molecule has 0 aromatic heterocycles. The van der Waals surface area contributed by atoms with Crippen LogP contribution < -0.4 is 10.1 Å². The van der Waals surface area contributed by atoms with Gasteiger partial charge in [-0.1, -0.05) is 12.1 Å². The van der Waals surface area contributed by atoms with Crippen LogP contribution in [0.4, 0.5) is 26.3 Å². The predicted molar refractivity (Wildman–Crippen MR) is 64.8 cm³/mol. The van der Waals surface area contributed by atoms with Crippen molar-refractivity contribution in [3.63, 3.8) is 0 Å². The number of benzene rings is 1. The normalized spacial score (nSPS) is 14.0. The number of halogens is 6. The summed E-state index contributed by atoms with van der Waals surface area (Å²) in [7, 11) is 1.58. The molecule has 0 fully saturated rings. The molecule has 1 unspecified atom stereocenters. The zero-order valence-corrected chi connectivity index (χ0v) is 11.2. The molecule has 1 aromatic carbocycles. The quantitative estimate of drug-likeness (QED) is 0.776. The molecule has 0 saturated carbocycles. The molecule has 0 amide bonds. The Kier molecular flexibility index (Phi) is 5.88. The first-order valence-corrected chi connectivity index (χ1v) is 6.20. The van der Waals surface area contributed by atoms with Gasteiger partial charge in [0.2, 0.25) is 0 Å². The third-order valence-electron chi connectivity index (χ3n) is 2.82. The highest BCUT2D eigenvalue weighted by Crippen LogP contribution is 2.28. The van der Waals surface area contributed by atoms with Gasteiger partial charge < -0.3 is 10.1 Å². The second-order valence-corrected chi connectivity index (χ2v) is 4.47. The third-order valence-corrected chi connectivity index (χ3v) is 2.82. The Hall–Kier alpha value is -1.44. The molecule has 120 valence electrons. The van der Waals surface area contributed by atoms with E-state index >= 15 is 0 Å².